The van der Waals surface area contributed by atoms with Gasteiger partial charge in [-0.2, -0.15) is 0 Å². The third-order valence-corrected chi connectivity index (χ3v) is 5.02. The second kappa shape index (κ2) is 8.15. The Kier molecular flexibility index (Phi) is 5.84. The van der Waals surface area contributed by atoms with Gasteiger partial charge in [0, 0.05) is 24.2 Å². The Bertz CT molecular complexity index is 853. The van der Waals surface area contributed by atoms with Gasteiger partial charge in [0.1, 0.15) is 0 Å². The summed E-state index contributed by atoms with van der Waals surface area (Å²) in [6.45, 7) is 6.06. The highest BCUT2D eigenvalue weighted by Gasteiger charge is 2.31. The molecular formula is C23H28N2O3. The Balaban J connectivity index is 1.58. The summed E-state index contributed by atoms with van der Waals surface area (Å²) in [5.74, 6) is -0.143. The normalized spacial score (nSPS) is 17.1. The van der Waals surface area contributed by atoms with Crippen molar-refractivity contribution in [2.24, 2.45) is 0 Å². The van der Waals surface area contributed by atoms with Crippen molar-refractivity contribution < 1.29 is 14.7 Å². The van der Waals surface area contributed by atoms with Gasteiger partial charge in [-0.15, -0.1) is 0 Å². The number of aryl methyl sites for hydroxylation is 2. The molecule has 1 fully saturated rings. The van der Waals surface area contributed by atoms with Gasteiger partial charge in [-0.05, 0) is 69.0 Å². The minimum absolute atomic E-state index is 0.0258. The molecule has 1 aliphatic rings. The highest BCUT2D eigenvalue weighted by Crippen LogP contribution is 2.23. The summed E-state index contributed by atoms with van der Waals surface area (Å²) < 4.78 is 0. The molecule has 0 saturated carbocycles. The van der Waals surface area contributed by atoms with Crippen LogP contribution in [0.4, 0.5) is 5.69 Å². The van der Waals surface area contributed by atoms with E-state index in [1.54, 1.807) is 30.9 Å². The maximum absolute atomic E-state index is 12.6. The van der Waals surface area contributed by atoms with E-state index in [0.29, 0.717) is 24.9 Å². The number of nitrogens with zero attached hydrogens (tertiary/aromatic N) is 1. The number of aliphatic hydroxyl groups is 1. The van der Waals surface area contributed by atoms with Crippen LogP contribution < -0.4 is 10.2 Å². The van der Waals surface area contributed by atoms with Crippen molar-refractivity contribution in [2.75, 3.05) is 11.4 Å². The van der Waals surface area contributed by atoms with Crippen molar-refractivity contribution in [2.45, 2.75) is 51.7 Å². The second-order valence-electron chi connectivity index (χ2n) is 8.23. The predicted octanol–water partition coefficient (Wildman–Crippen LogP) is 3.23. The number of rotatable bonds is 6. The highest BCUT2D eigenvalue weighted by molar-refractivity contribution is 5.99. The average Bonchev–Trinajstić information content (AvgIpc) is 3.00. The standard InChI is InChI=1S/C23H28N2O3/c1-16-5-4-6-20(13-16)25-15-19(14-21(25)26)24-22(27)18-9-7-17(8-10-18)11-12-23(2,3)28/h4-10,13,19,28H,11-12,14-15H2,1-3H3,(H,24,27). The molecule has 1 saturated heterocycles. The number of hydrogen-bond donors (Lipinski definition) is 2. The molecule has 0 bridgehead atoms. The first-order chi connectivity index (χ1) is 13.2. The molecule has 1 atom stereocenters. The fraction of sp³-hybridized carbons (Fsp3) is 0.391. The van der Waals surface area contributed by atoms with E-state index in [-0.39, 0.29) is 17.9 Å². The molecule has 0 aliphatic carbocycles. The van der Waals surface area contributed by atoms with Crippen LogP contribution in [-0.4, -0.2) is 35.1 Å². The van der Waals surface area contributed by atoms with Gasteiger partial charge in [0.2, 0.25) is 5.91 Å². The summed E-state index contributed by atoms with van der Waals surface area (Å²) in [4.78, 5) is 26.7. The first-order valence-electron chi connectivity index (χ1n) is 9.70. The largest absolute Gasteiger partial charge is 0.390 e. The SMILES string of the molecule is Cc1cccc(N2CC(NC(=O)c3ccc(CCC(C)(C)O)cc3)CC2=O)c1. The van der Waals surface area contributed by atoms with Crippen molar-refractivity contribution in [3.63, 3.8) is 0 Å². The van der Waals surface area contributed by atoms with Crippen molar-refractivity contribution in [1.29, 1.82) is 0 Å². The van der Waals surface area contributed by atoms with Crippen LogP contribution >= 0.6 is 0 Å². The van der Waals surface area contributed by atoms with E-state index in [1.165, 1.54) is 0 Å². The number of amides is 2. The Morgan fingerprint density at radius 3 is 2.57 bits per heavy atom. The molecule has 2 aromatic rings. The van der Waals surface area contributed by atoms with Crippen LogP contribution in [0.15, 0.2) is 48.5 Å². The van der Waals surface area contributed by atoms with Crippen LogP contribution in [0, 0.1) is 6.92 Å². The molecule has 5 nitrogen and oxygen atoms in total. The molecule has 0 spiro atoms. The van der Waals surface area contributed by atoms with Gasteiger partial charge in [0.25, 0.3) is 5.91 Å². The maximum Gasteiger partial charge on any atom is 0.251 e. The molecule has 1 aliphatic heterocycles. The zero-order valence-corrected chi connectivity index (χ0v) is 16.7. The summed E-state index contributed by atoms with van der Waals surface area (Å²) in [6.07, 6.45) is 1.73. The van der Waals surface area contributed by atoms with Crippen LogP contribution in [0.5, 0.6) is 0 Å². The van der Waals surface area contributed by atoms with Gasteiger partial charge in [0.15, 0.2) is 0 Å². The van der Waals surface area contributed by atoms with E-state index in [0.717, 1.165) is 23.2 Å². The van der Waals surface area contributed by atoms with Crippen LogP contribution in [-0.2, 0) is 11.2 Å². The lowest BCUT2D eigenvalue weighted by Gasteiger charge is -2.18. The zero-order chi connectivity index (χ0) is 20.3. The van der Waals surface area contributed by atoms with Gasteiger partial charge in [-0.25, -0.2) is 0 Å². The lowest BCUT2D eigenvalue weighted by atomic mass is 9.98. The number of carbonyl (C=O) groups excluding carboxylic acids is 2. The van der Waals surface area contributed by atoms with E-state index in [4.69, 9.17) is 0 Å². The number of hydrogen-bond acceptors (Lipinski definition) is 3. The van der Waals surface area contributed by atoms with Crippen molar-refractivity contribution in [3.8, 4) is 0 Å². The summed E-state index contributed by atoms with van der Waals surface area (Å²) in [5.41, 5.74) is 2.93. The molecule has 2 aromatic carbocycles. The monoisotopic (exact) mass is 380 g/mol. The Hall–Kier alpha value is -2.66. The lowest BCUT2D eigenvalue weighted by molar-refractivity contribution is -0.117. The molecule has 148 valence electrons. The molecule has 0 aromatic heterocycles. The molecule has 1 unspecified atom stereocenters. The summed E-state index contributed by atoms with van der Waals surface area (Å²) >= 11 is 0. The molecule has 2 N–H and O–H groups in total. The average molecular weight is 380 g/mol. The number of anilines is 1. The maximum atomic E-state index is 12.6. The predicted molar refractivity (Wildman–Crippen MR) is 110 cm³/mol. The van der Waals surface area contributed by atoms with Crippen molar-refractivity contribution >= 4 is 17.5 Å². The van der Waals surface area contributed by atoms with E-state index in [2.05, 4.69) is 5.32 Å². The first-order valence-corrected chi connectivity index (χ1v) is 9.70. The van der Waals surface area contributed by atoms with Crippen LogP contribution in [0.3, 0.4) is 0 Å². The zero-order valence-electron chi connectivity index (χ0n) is 16.7. The Labute approximate surface area is 166 Å². The van der Waals surface area contributed by atoms with Gasteiger partial charge in [-0.3, -0.25) is 9.59 Å². The number of benzene rings is 2. The van der Waals surface area contributed by atoms with E-state index in [1.807, 2.05) is 43.3 Å². The van der Waals surface area contributed by atoms with Gasteiger partial charge in [-0.1, -0.05) is 24.3 Å². The number of nitrogens with one attached hydrogen (secondary N) is 1. The molecule has 1 heterocycles. The Morgan fingerprint density at radius 2 is 1.93 bits per heavy atom. The third-order valence-electron chi connectivity index (χ3n) is 5.02. The van der Waals surface area contributed by atoms with Crippen molar-refractivity contribution in [3.05, 3.63) is 65.2 Å². The molecule has 2 amide bonds. The summed E-state index contributed by atoms with van der Waals surface area (Å²) in [7, 11) is 0. The summed E-state index contributed by atoms with van der Waals surface area (Å²) in [6, 6.07) is 15.1. The molecular weight excluding hydrogens is 352 g/mol. The van der Waals surface area contributed by atoms with Gasteiger partial charge in [0.05, 0.1) is 11.6 Å². The molecule has 28 heavy (non-hydrogen) atoms. The number of carbonyl (C=O) groups is 2. The van der Waals surface area contributed by atoms with E-state index in [9.17, 15) is 14.7 Å². The lowest BCUT2D eigenvalue weighted by Crippen LogP contribution is -2.37. The van der Waals surface area contributed by atoms with Crippen molar-refractivity contribution in [1.82, 2.24) is 5.32 Å². The minimum atomic E-state index is -0.700. The van der Waals surface area contributed by atoms with Crippen LogP contribution in [0.2, 0.25) is 0 Å². The van der Waals surface area contributed by atoms with Crippen LogP contribution in [0.25, 0.3) is 0 Å². The molecule has 3 rings (SSSR count). The fourth-order valence-electron chi connectivity index (χ4n) is 3.39. The topological polar surface area (TPSA) is 69.6 Å². The van der Waals surface area contributed by atoms with E-state index >= 15 is 0 Å². The Morgan fingerprint density at radius 1 is 1.21 bits per heavy atom. The summed E-state index contributed by atoms with van der Waals surface area (Å²) in [5, 5.41) is 12.8. The minimum Gasteiger partial charge on any atom is -0.390 e. The first kappa shape index (κ1) is 20.1. The van der Waals surface area contributed by atoms with Gasteiger partial charge >= 0.3 is 0 Å². The third kappa shape index (κ3) is 5.20. The molecule has 0 radical (unpaired) electrons. The second-order valence-corrected chi connectivity index (χ2v) is 8.23. The highest BCUT2D eigenvalue weighted by atomic mass is 16.3. The van der Waals surface area contributed by atoms with Crippen LogP contribution in [0.1, 0.15) is 48.2 Å². The van der Waals surface area contributed by atoms with E-state index < -0.39 is 5.60 Å². The fourth-order valence-corrected chi connectivity index (χ4v) is 3.39. The smallest absolute Gasteiger partial charge is 0.251 e. The quantitative estimate of drug-likeness (QED) is 0.808. The van der Waals surface area contributed by atoms with Gasteiger partial charge < -0.3 is 15.3 Å². The molecule has 5 heteroatoms.